The zero-order valence-corrected chi connectivity index (χ0v) is 14.5. The van der Waals surface area contributed by atoms with Gasteiger partial charge in [0.15, 0.2) is 12.4 Å². The van der Waals surface area contributed by atoms with Crippen molar-refractivity contribution >= 4 is 35.1 Å². The molecular formula is C18H14NO6S-. The highest BCUT2D eigenvalue weighted by Crippen LogP contribution is 2.35. The van der Waals surface area contributed by atoms with Crippen molar-refractivity contribution in [1.82, 2.24) is 5.32 Å². The molecule has 0 unspecified atom stereocenters. The molecule has 7 nitrogen and oxygen atoms in total. The van der Waals surface area contributed by atoms with E-state index < -0.39 is 17.9 Å². The van der Waals surface area contributed by atoms with Crippen molar-refractivity contribution in [2.24, 2.45) is 0 Å². The Balaban J connectivity index is 1.65. The zero-order chi connectivity index (χ0) is 18.7. The molecule has 0 saturated carbocycles. The summed E-state index contributed by atoms with van der Waals surface area (Å²) in [6, 6.07) is 7.25. The first-order chi connectivity index (χ1) is 12.4. The summed E-state index contributed by atoms with van der Waals surface area (Å²) < 4.78 is 10.9. The second-order valence-electron chi connectivity index (χ2n) is 5.51. The first-order valence-corrected chi connectivity index (χ1v) is 8.57. The van der Waals surface area contributed by atoms with Crippen molar-refractivity contribution in [3.8, 4) is 11.5 Å². The number of carbonyl (C=O) groups excluding carboxylic acids is 3. The van der Waals surface area contributed by atoms with Crippen molar-refractivity contribution in [3.05, 3.63) is 51.9 Å². The Morgan fingerprint density at radius 2 is 2.19 bits per heavy atom. The molecule has 1 amide bonds. The standard InChI is InChI=1S/C18H15NO6S/c1-10(18(22)23)19-16(20)9-24-11-4-5-13-14(7-11)25-15(17(13)21)8-12-3-2-6-26-12/h2-8,10H,9H2,1H3,(H,19,20)(H,22,23)/p-1/b15-8-/t10-/m0/s1. The number of fused-ring (bicyclic) bond motifs is 1. The van der Waals surface area contributed by atoms with Gasteiger partial charge < -0.3 is 24.7 Å². The number of hydrogen-bond donors (Lipinski definition) is 1. The van der Waals surface area contributed by atoms with Gasteiger partial charge in [0.2, 0.25) is 5.78 Å². The van der Waals surface area contributed by atoms with Gasteiger partial charge in [-0.1, -0.05) is 6.07 Å². The number of thiophene rings is 1. The van der Waals surface area contributed by atoms with Gasteiger partial charge in [0.1, 0.15) is 11.5 Å². The van der Waals surface area contributed by atoms with E-state index in [1.54, 1.807) is 18.2 Å². The van der Waals surface area contributed by atoms with Crippen LogP contribution in [0.2, 0.25) is 0 Å². The highest BCUT2D eigenvalue weighted by atomic mass is 32.1. The summed E-state index contributed by atoms with van der Waals surface area (Å²) in [7, 11) is 0. The summed E-state index contributed by atoms with van der Waals surface area (Å²) in [5, 5.41) is 14.7. The third-order valence-corrected chi connectivity index (χ3v) is 4.38. The highest BCUT2D eigenvalue weighted by Gasteiger charge is 2.27. The first-order valence-electron chi connectivity index (χ1n) is 7.69. The van der Waals surface area contributed by atoms with Crippen molar-refractivity contribution in [2.45, 2.75) is 13.0 Å². The molecule has 1 aromatic heterocycles. The van der Waals surface area contributed by atoms with E-state index in [0.717, 1.165) is 4.88 Å². The zero-order valence-electron chi connectivity index (χ0n) is 13.7. The van der Waals surface area contributed by atoms with Gasteiger partial charge in [-0.2, -0.15) is 0 Å². The van der Waals surface area contributed by atoms with Gasteiger partial charge in [-0.3, -0.25) is 9.59 Å². The normalized spacial score (nSPS) is 15.3. The maximum Gasteiger partial charge on any atom is 0.258 e. The third kappa shape index (κ3) is 3.92. The number of aliphatic carboxylic acids is 1. The van der Waals surface area contributed by atoms with E-state index in [-0.39, 0.29) is 18.1 Å². The Kier molecular flexibility index (Phi) is 5.04. The maximum absolute atomic E-state index is 12.3. The van der Waals surface area contributed by atoms with Crippen LogP contribution in [0.3, 0.4) is 0 Å². The Morgan fingerprint density at radius 3 is 2.88 bits per heavy atom. The average Bonchev–Trinajstić information content (AvgIpc) is 3.22. The number of hydrogen-bond acceptors (Lipinski definition) is 7. The van der Waals surface area contributed by atoms with E-state index in [1.165, 1.54) is 24.3 Å². The van der Waals surface area contributed by atoms with Crippen LogP contribution in [0, 0.1) is 0 Å². The van der Waals surface area contributed by atoms with Crippen LogP contribution in [0.25, 0.3) is 6.08 Å². The van der Waals surface area contributed by atoms with Crippen LogP contribution in [-0.4, -0.2) is 30.3 Å². The molecule has 1 aromatic carbocycles. The minimum Gasteiger partial charge on any atom is -0.548 e. The monoisotopic (exact) mass is 372 g/mol. The van der Waals surface area contributed by atoms with Gasteiger partial charge in [0.25, 0.3) is 5.91 Å². The fourth-order valence-electron chi connectivity index (χ4n) is 2.25. The molecule has 1 aliphatic rings. The molecule has 0 saturated heterocycles. The Bertz CT molecular complexity index is 887. The molecule has 134 valence electrons. The summed E-state index contributed by atoms with van der Waals surface area (Å²) >= 11 is 1.49. The molecule has 0 spiro atoms. The van der Waals surface area contributed by atoms with Gasteiger partial charge in [0.05, 0.1) is 17.6 Å². The van der Waals surface area contributed by atoms with Crippen LogP contribution in [-0.2, 0) is 9.59 Å². The molecule has 1 aliphatic heterocycles. The molecule has 3 rings (SSSR count). The van der Waals surface area contributed by atoms with E-state index in [2.05, 4.69) is 5.32 Å². The molecule has 26 heavy (non-hydrogen) atoms. The molecule has 2 heterocycles. The minimum absolute atomic E-state index is 0.222. The Morgan fingerprint density at radius 1 is 1.38 bits per heavy atom. The number of benzene rings is 1. The molecule has 2 aromatic rings. The summed E-state index contributed by atoms with van der Waals surface area (Å²) in [5.74, 6) is -1.31. The number of allylic oxidation sites excluding steroid dienone is 1. The van der Waals surface area contributed by atoms with E-state index in [1.807, 2.05) is 17.5 Å². The topological polar surface area (TPSA) is 105 Å². The average molecular weight is 372 g/mol. The summed E-state index contributed by atoms with van der Waals surface area (Å²) in [6.45, 7) is 0.922. The summed E-state index contributed by atoms with van der Waals surface area (Å²) in [5.41, 5.74) is 0.412. The highest BCUT2D eigenvalue weighted by molar-refractivity contribution is 7.10. The minimum atomic E-state index is -1.38. The van der Waals surface area contributed by atoms with Crippen molar-refractivity contribution in [1.29, 1.82) is 0 Å². The smallest absolute Gasteiger partial charge is 0.258 e. The fraction of sp³-hybridized carbons (Fsp3) is 0.167. The number of carboxylic acids is 1. The number of amides is 1. The number of nitrogens with one attached hydrogen (secondary N) is 1. The lowest BCUT2D eigenvalue weighted by atomic mass is 10.1. The fourth-order valence-corrected chi connectivity index (χ4v) is 2.90. The van der Waals surface area contributed by atoms with Crippen LogP contribution in [0.1, 0.15) is 22.2 Å². The molecule has 0 aliphatic carbocycles. The second kappa shape index (κ2) is 7.40. The number of rotatable bonds is 6. The lowest BCUT2D eigenvalue weighted by Gasteiger charge is -2.14. The molecule has 0 bridgehead atoms. The van der Waals surface area contributed by atoms with Crippen LogP contribution in [0.5, 0.6) is 11.5 Å². The van der Waals surface area contributed by atoms with Crippen LogP contribution < -0.4 is 19.9 Å². The van der Waals surface area contributed by atoms with Crippen molar-refractivity contribution in [3.63, 3.8) is 0 Å². The largest absolute Gasteiger partial charge is 0.548 e. The van der Waals surface area contributed by atoms with Crippen molar-refractivity contribution < 1.29 is 29.0 Å². The van der Waals surface area contributed by atoms with E-state index in [9.17, 15) is 19.5 Å². The molecule has 8 heteroatoms. The number of ether oxygens (including phenoxy) is 2. The van der Waals surface area contributed by atoms with Gasteiger partial charge >= 0.3 is 0 Å². The van der Waals surface area contributed by atoms with E-state index in [0.29, 0.717) is 17.1 Å². The van der Waals surface area contributed by atoms with Crippen LogP contribution in [0.4, 0.5) is 0 Å². The Hall–Kier alpha value is -3.13. The van der Waals surface area contributed by atoms with Gasteiger partial charge in [-0.25, -0.2) is 0 Å². The summed E-state index contributed by atoms with van der Waals surface area (Å²) in [4.78, 5) is 35.4. The molecule has 1 N–H and O–H groups in total. The quantitative estimate of drug-likeness (QED) is 0.759. The van der Waals surface area contributed by atoms with E-state index in [4.69, 9.17) is 9.47 Å². The van der Waals surface area contributed by atoms with Gasteiger partial charge in [0, 0.05) is 17.0 Å². The molecular weight excluding hydrogens is 358 g/mol. The first kappa shape index (κ1) is 17.7. The molecule has 0 radical (unpaired) electrons. The molecule has 1 atom stereocenters. The van der Waals surface area contributed by atoms with Gasteiger partial charge in [-0.15, -0.1) is 11.3 Å². The van der Waals surface area contributed by atoms with Crippen LogP contribution in [0.15, 0.2) is 41.5 Å². The number of carboxylic acid groups (broad SMARTS) is 1. The maximum atomic E-state index is 12.3. The predicted octanol–water partition coefficient (Wildman–Crippen LogP) is 0.998. The number of carbonyl (C=O) groups is 3. The third-order valence-electron chi connectivity index (χ3n) is 3.56. The molecule has 0 fully saturated rings. The number of Topliss-reactive ketones (excluding diaryl/α,β-unsaturated/α-hetero) is 1. The van der Waals surface area contributed by atoms with Crippen molar-refractivity contribution in [2.75, 3.05) is 6.61 Å². The lowest BCUT2D eigenvalue weighted by molar-refractivity contribution is -0.307. The lowest BCUT2D eigenvalue weighted by Crippen LogP contribution is -2.47. The Labute approximate surface area is 152 Å². The van der Waals surface area contributed by atoms with Gasteiger partial charge in [-0.05, 0) is 30.5 Å². The number of ketones is 1. The van der Waals surface area contributed by atoms with E-state index >= 15 is 0 Å². The van der Waals surface area contributed by atoms with Crippen LogP contribution >= 0.6 is 11.3 Å². The predicted molar refractivity (Wildman–Crippen MR) is 91.8 cm³/mol. The summed E-state index contributed by atoms with van der Waals surface area (Å²) in [6.07, 6.45) is 1.67. The second-order valence-corrected chi connectivity index (χ2v) is 6.49. The SMILES string of the molecule is C[C@H](NC(=O)COc1ccc2c(c1)O/C(=C\c1cccs1)C2=O)C(=O)[O-].